The van der Waals surface area contributed by atoms with Crippen LogP contribution in [0.15, 0.2) is 39.4 Å². The Bertz CT molecular complexity index is 1070. The Kier molecular flexibility index (Phi) is 5.62. The molecule has 0 unspecified atom stereocenters. The van der Waals surface area contributed by atoms with Crippen molar-refractivity contribution in [3.05, 3.63) is 45.2 Å². The molecule has 7 nitrogen and oxygen atoms in total. The van der Waals surface area contributed by atoms with Crippen LogP contribution in [0.3, 0.4) is 0 Å². The number of nitrogen functional groups attached to an aromatic ring is 1. The van der Waals surface area contributed by atoms with E-state index in [0.29, 0.717) is 27.4 Å². The number of halogens is 2. The second-order valence-corrected chi connectivity index (χ2v) is 8.19. The van der Waals surface area contributed by atoms with Gasteiger partial charge in [-0.3, -0.25) is 9.36 Å². The van der Waals surface area contributed by atoms with Gasteiger partial charge in [0.05, 0.1) is 40.6 Å². The highest BCUT2D eigenvalue weighted by atomic mass is 35.5. The minimum Gasteiger partial charge on any atom is -0.381 e. The summed E-state index contributed by atoms with van der Waals surface area (Å²) in [5, 5.41) is 1.27. The summed E-state index contributed by atoms with van der Waals surface area (Å²) < 4.78 is 6.89. The molecule has 27 heavy (non-hydrogen) atoms. The number of nitrogens with zero attached hydrogens (tertiary/aromatic N) is 4. The van der Waals surface area contributed by atoms with Gasteiger partial charge in [-0.15, -0.1) is 0 Å². The smallest absolute Gasteiger partial charge is 0.262 e. The lowest BCUT2D eigenvalue weighted by molar-refractivity contribution is 0.00728. The molecule has 3 rings (SSSR count). The normalized spacial score (nSPS) is 11.9. The molecule has 0 bridgehead atoms. The fourth-order valence-corrected chi connectivity index (χ4v) is 3.69. The van der Waals surface area contributed by atoms with E-state index in [2.05, 4.69) is 15.0 Å². The van der Waals surface area contributed by atoms with Gasteiger partial charge in [-0.25, -0.2) is 15.0 Å². The van der Waals surface area contributed by atoms with E-state index in [1.54, 1.807) is 19.2 Å². The zero-order valence-corrected chi connectivity index (χ0v) is 17.2. The number of aromatic nitrogens is 4. The highest BCUT2D eigenvalue weighted by Gasteiger charge is 2.20. The Morgan fingerprint density at radius 1 is 1.30 bits per heavy atom. The first-order chi connectivity index (χ1) is 12.7. The van der Waals surface area contributed by atoms with E-state index >= 15 is 0 Å². The van der Waals surface area contributed by atoms with Crippen LogP contribution in [0.25, 0.3) is 10.9 Å². The maximum absolute atomic E-state index is 13.0. The molecule has 0 atom stereocenters. The lowest BCUT2D eigenvalue weighted by Gasteiger charge is -2.23. The summed E-state index contributed by atoms with van der Waals surface area (Å²) >= 11 is 13.5. The predicted octanol–water partition coefficient (Wildman–Crippen LogP) is 3.65. The van der Waals surface area contributed by atoms with Gasteiger partial charge in [0.2, 0.25) is 0 Å². The molecule has 10 heteroatoms. The molecule has 0 aliphatic carbocycles. The topological polar surface area (TPSA) is 95.9 Å². The van der Waals surface area contributed by atoms with Crippen molar-refractivity contribution in [3.63, 3.8) is 0 Å². The summed E-state index contributed by atoms with van der Waals surface area (Å²) in [4.78, 5) is 26.1. The molecule has 3 aromatic rings. The molecule has 1 aromatic carbocycles. The highest BCUT2D eigenvalue weighted by molar-refractivity contribution is 7.99. The minimum atomic E-state index is -0.522. The highest BCUT2D eigenvalue weighted by Crippen LogP contribution is 2.37. The Labute approximate surface area is 169 Å². The fraction of sp³-hybridized carbons (Fsp3) is 0.294. The predicted molar refractivity (Wildman–Crippen MR) is 108 cm³/mol. The molecular formula is C17H17Cl2N5O2S. The molecule has 2 heterocycles. The maximum Gasteiger partial charge on any atom is 0.262 e. The molecular weight excluding hydrogens is 409 g/mol. The standard InChI is InChI=1S/C17H17Cl2N5O2S/c1-17(2,26-3)7-24-8-22-9-4-5-10(13(19)12(9)16(24)25)27-15-14(20)23-11(18)6-21-15/h4-6,8H,7H2,1-3H3,(H2,20,23). The molecule has 0 saturated carbocycles. The quantitative estimate of drug-likeness (QED) is 0.665. The lowest BCUT2D eigenvalue weighted by atomic mass is 10.1. The molecule has 0 spiro atoms. The Morgan fingerprint density at radius 2 is 2.04 bits per heavy atom. The van der Waals surface area contributed by atoms with Crippen molar-refractivity contribution in [2.24, 2.45) is 0 Å². The average Bonchev–Trinajstić information content (AvgIpc) is 2.61. The Balaban J connectivity index is 2.07. The molecule has 0 aliphatic rings. The lowest BCUT2D eigenvalue weighted by Crippen LogP contribution is -2.34. The van der Waals surface area contributed by atoms with Crippen LogP contribution >= 0.6 is 35.0 Å². The van der Waals surface area contributed by atoms with Gasteiger partial charge in [-0.1, -0.05) is 35.0 Å². The van der Waals surface area contributed by atoms with E-state index in [1.165, 1.54) is 28.9 Å². The zero-order valence-electron chi connectivity index (χ0n) is 14.9. The van der Waals surface area contributed by atoms with E-state index in [0.717, 1.165) is 0 Å². The first-order valence-electron chi connectivity index (χ1n) is 7.90. The van der Waals surface area contributed by atoms with E-state index in [-0.39, 0.29) is 21.6 Å². The van der Waals surface area contributed by atoms with Crippen molar-refractivity contribution in [2.75, 3.05) is 12.8 Å². The summed E-state index contributed by atoms with van der Waals surface area (Å²) in [6.45, 7) is 4.12. The molecule has 2 N–H and O–H groups in total. The van der Waals surface area contributed by atoms with Gasteiger partial charge in [0.25, 0.3) is 5.56 Å². The minimum absolute atomic E-state index is 0.189. The molecule has 0 aliphatic heterocycles. The summed E-state index contributed by atoms with van der Waals surface area (Å²) in [5.74, 6) is 0.189. The van der Waals surface area contributed by atoms with Gasteiger partial charge >= 0.3 is 0 Å². The van der Waals surface area contributed by atoms with Crippen molar-refractivity contribution in [1.29, 1.82) is 0 Å². The third-order valence-corrected chi connectivity index (χ3v) is 5.70. The van der Waals surface area contributed by atoms with E-state index < -0.39 is 5.60 Å². The number of hydrogen-bond acceptors (Lipinski definition) is 7. The average molecular weight is 426 g/mol. The number of rotatable bonds is 5. The third-order valence-electron chi connectivity index (χ3n) is 3.94. The second-order valence-electron chi connectivity index (χ2n) is 6.40. The van der Waals surface area contributed by atoms with Crippen molar-refractivity contribution in [1.82, 2.24) is 19.5 Å². The summed E-state index contributed by atoms with van der Waals surface area (Å²) in [5.41, 5.74) is 5.60. The van der Waals surface area contributed by atoms with Crippen molar-refractivity contribution in [2.45, 2.75) is 35.9 Å². The maximum atomic E-state index is 13.0. The van der Waals surface area contributed by atoms with Crippen molar-refractivity contribution >= 4 is 51.7 Å². The molecule has 0 saturated heterocycles. The zero-order chi connectivity index (χ0) is 19.8. The van der Waals surface area contributed by atoms with Crippen molar-refractivity contribution in [3.8, 4) is 0 Å². The fourth-order valence-electron chi connectivity index (χ4n) is 2.40. The number of benzene rings is 1. The SMILES string of the molecule is COC(C)(C)Cn1cnc2ccc(Sc3ncc(Cl)nc3N)c(Cl)c2c1=O. The third kappa shape index (κ3) is 4.19. The van der Waals surface area contributed by atoms with Crippen LogP contribution in [0, 0.1) is 0 Å². The van der Waals surface area contributed by atoms with Gasteiger partial charge in [-0.2, -0.15) is 0 Å². The Hall–Kier alpha value is -1.87. The van der Waals surface area contributed by atoms with Crippen LogP contribution in [0.4, 0.5) is 5.82 Å². The number of methoxy groups -OCH3 is 1. The van der Waals surface area contributed by atoms with Gasteiger partial charge in [0.15, 0.2) is 5.82 Å². The van der Waals surface area contributed by atoms with Gasteiger partial charge in [0, 0.05) is 12.0 Å². The number of ether oxygens (including phenoxy) is 1. The summed E-state index contributed by atoms with van der Waals surface area (Å²) in [7, 11) is 1.60. The number of hydrogen-bond donors (Lipinski definition) is 1. The van der Waals surface area contributed by atoms with Crippen LogP contribution in [0.2, 0.25) is 10.2 Å². The first kappa shape index (κ1) is 19.9. The number of fused-ring (bicyclic) bond motifs is 1. The summed E-state index contributed by atoms with van der Waals surface area (Å²) in [6, 6.07) is 3.50. The van der Waals surface area contributed by atoms with E-state index in [1.807, 2.05) is 13.8 Å². The molecule has 0 radical (unpaired) electrons. The van der Waals surface area contributed by atoms with Gasteiger partial charge in [-0.05, 0) is 26.0 Å². The monoisotopic (exact) mass is 425 g/mol. The van der Waals surface area contributed by atoms with Crippen LogP contribution in [0.1, 0.15) is 13.8 Å². The van der Waals surface area contributed by atoms with Crippen LogP contribution < -0.4 is 11.3 Å². The molecule has 2 aromatic heterocycles. The summed E-state index contributed by atoms with van der Waals surface area (Å²) in [6.07, 6.45) is 2.90. The largest absolute Gasteiger partial charge is 0.381 e. The van der Waals surface area contributed by atoms with E-state index in [9.17, 15) is 4.79 Å². The Morgan fingerprint density at radius 3 is 2.70 bits per heavy atom. The van der Waals surface area contributed by atoms with Gasteiger partial charge < -0.3 is 10.5 Å². The van der Waals surface area contributed by atoms with E-state index in [4.69, 9.17) is 33.7 Å². The number of anilines is 1. The molecule has 142 valence electrons. The number of nitrogens with two attached hydrogens (primary N) is 1. The second kappa shape index (κ2) is 7.63. The van der Waals surface area contributed by atoms with Crippen LogP contribution in [-0.4, -0.2) is 32.2 Å². The molecule has 0 fully saturated rings. The van der Waals surface area contributed by atoms with Crippen LogP contribution in [0.5, 0.6) is 0 Å². The first-order valence-corrected chi connectivity index (χ1v) is 9.48. The van der Waals surface area contributed by atoms with Crippen LogP contribution in [-0.2, 0) is 11.3 Å². The molecule has 0 amide bonds. The van der Waals surface area contributed by atoms with Gasteiger partial charge in [0.1, 0.15) is 10.2 Å². The van der Waals surface area contributed by atoms with Crippen molar-refractivity contribution < 1.29 is 4.74 Å².